The van der Waals surface area contributed by atoms with E-state index in [-0.39, 0.29) is 12.5 Å². The molecule has 0 radical (unpaired) electrons. The van der Waals surface area contributed by atoms with Crippen molar-refractivity contribution in [2.24, 2.45) is 0 Å². The van der Waals surface area contributed by atoms with Crippen LogP contribution in [0, 0.1) is 0 Å². The van der Waals surface area contributed by atoms with Gasteiger partial charge in [0.05, 0.1) is 13.0 Å². The van der Waals surface area contributed by atoms with E-state index >= 15 is 0 Å². The van der Waals surface area contributed by atoms with Crippen LogP contribution in [-0.4, -0.2) is 72.1 Å². The molecule has 1 aliphatic rings. The summed E-state index contributed by atoms with van der Waals surface area (Å²) in [5.74, 6) is -2.56. The van der Waals surface area contributed by atoms with Crippen LogP contribution in [0.3, 0.4) is 0 Å². The molecule has 0 heterocycles. The number of aliphatic carboxylic acids is 1. The molecular weight excluding hydrogens is 505 g/mol. The summed E-state index contributed by atoms with van der Waals surface area (Å²) in [5, 5.41) is 11.8. The number of carboxylic acid groups (broad SMARTS) is 1. The van der Waals surface area contributed by atoms with Gasteiger partial charge in [0.25, 0.3) is 0 Å². The van der Waals surface area contributed by atoms with Crippen LogP contribution in [0.5, 0.6) is 0 Å². The Morgan fingerprint density at radius 2 is 1.55 bits per heavy atom. The topological polar surface area (TPSA) is 105 Å². The molecule has 1 amide bonds. The fraction of sp³-hybridized carbons (Fsp3) is 0.444. The Hall–Kier alpha value is -3.60. The lowest BCUT2D eigenvalue weighted by molar-refractivity contribution is -0.159. The van der Waals surface area contributed by atoms with E-state index in [9.17, 15) is 32.7 Å². The SMILES string of the molecule is CC(C)(C)OC(=O)CN(CCC(F)(F)F)C[C@H](NC(=O)OCC1c2ccccc2-c2ccccc21)C(=O)O. The van der Waals surface area contributed by atoms with Crippen molar-refractivity contribution in [1.29, 1.82) is 0 Å². The first-order valence-electron chi connectivity index (χ1n) is 12.1. The van der Waals surface area contributed by atoms with Crippen LogP contribution in [0.2, 0.25) is 0 Å². The number of halogens is 3. The number of fused-ring (bicyclic) bond motifs is 3. The molecule has 0 aliphatic heterocycles. The van der Waals surface area contributed by atoms with Crippen molar-refractivity contribution in [2.75, 3.05) is 26.2 Å². The van der Waals surface area contributed by atoms with Crippen LogP contribution < -0.4 is 5.32 Å². The lowest BCUT2D eigenvalue weighted by Crippen LogP contribution is -2.50. The van der Waals surface area contributed by atoms with Crippen molar-refractivity contribution in [3.63, 3.8) is 0 Å². The second kappa shape index (κ2) is 11.8. The minimum absolute atomic E-state index is 0.0676. The van der Waals surface area contributed by atoms with Gasteiger partial charge in [-0.2, -0.15) is 13.2 Å². The van der Waals surface area contributed by atoms with Gasteiger partial charge in [-0.3, -0.25) is 9.69 Å². The van der Waals surface area contributed by atoms with Crippen LogP contribution in [0.25, 0.3) is 11.1 Å². The Morgan fingerprint density at radius 1 is 1.00 bits per heavy atom. The summed E-state index contributed by atoms with van der Waals surface area (Å²) in [4.78, 5) is 37.6. The first-order valence-corrected chi connectivity index (χ1v) is 12.1. The Balaban J connectivity index is 1.65. The second-order valence-electron chi connectivity index (χ2n) is 10.0. The number of rotatable bonds is 10. The van der Waals surface area contributed by atoms with Gasteiger partial charge in [0.15, 0.2) is 0 Å². The number of alkyl carbamates (subject to hydrolysis) is 1. The van der Waals surface area contributed by atoms with E-state index in [2.05, 4.69) is 5.32 Å². The molecule has 3 rings (SSSR count). The number of carbonyl (C=O) groups is 3. The minimum Gasteiger partial charge on any atom is -0.480 e. The summed E-state index contributed by atoms with van der Waals surface area (Å²) in [5.41, 5.74) is 3.09. The highest BCUT2D eigenvalue weighted by atomic mass is 19.4. The van der Waals surface area contributed by atoms with Gasteiger partial charge in [0.2, 0.25) is 0 Å². The zero-order valence-electron chi connectivity index (χ0n) is 21.4. The first kappa shape index (κ1) is 29.0. The maximum absolute atomic E-state index is 12.8. The Labute approximate surface area is 218 Å². The number of esters is 1. The smallest absolute Gasteiger partial charge is 0.407 e. The largest absolute Gasteiger partial charge is 0.480 e. The Kier molecular flexibility index (Phi) is 9.03. The molecule has 8 nitrogen and oxygen atoms in total. The van der Waals surface area contributed by atoms with Crippen LogP contribution in [-0.2, 0) is 19.1 Å². The second-order valence-corrected chi connectivity index (χ2v) is 10.0. The molecule has 0 spiro atoms. The third kappa shape index (κ3) is 8.20. The van der Waals surface area contributed by atoms with Crippen molar-refractivity contribution >= 4 is 18.0 Å². The monoisotopic (exact) mass is 536 g/mol. The molecule has 0 unspecified atom stereocenters. The number of benzene rings is 2. The Morgan fingerprint density at radius 3 is 2.05 bits per heavy atom. The van der Waals surface area contributed by atoms with Crippen LogP contribution in [0.4, 0.5) is 18.0 Å². The highest BCUT2D eigenvalue weighted by Gasteiger charge is 2.33. The number of carbonyl (C=O) groups excluding carboxylic acids is 2. The van der Waals surface area contributed by atoms with Crippen molar-refractivity contribution in [1.82, 2.24) is 10.2 Å². The molecule has 1 atom stereocenters. The van der Waals surface area contributed by atoms with E-state index in [1.807, 2.05) is 48.5 Å². The minimum atomic E-state index is -4.52. The van der Waals surface area contributed by atoms with E-state index in [4.69, 9.17) is 9.47 Å². The molecule has 0 saturated carbocycles. The van der Waals surface area contributed by atoms with Gasteiger partial charge < -0.3 is 19.9 Å². The average Bonchev–Trinajstić information content (AvgIpc) is 3.12. The number of nitrogens with zero attached hydrogens (tertiary/aromatic N) is 1. The molecule has 0 aromatic heterocycles. The quantitative estimate of drug-likeness (QED) is 0.429. The molecule has 206 valence electrons. The molecule has 2 aromatic rings. The first-order chi connectivity index (χ1) is 17.7. The lowest BCUT2D eigenvalue weighted by atomic mass is 9.98. The molecular formula is C27H31F3N2O6. The van der Waals surface area contributed by atoms with Crippen molar-refractivity contribution < 1.29 is 42.1 Å². The van der Waals surface area contributed by atoms with Crippen molar-refractivity contribution in [2.45, 2.75) is 50.9 Å². The summed E-state index contributed by atoms with van der Waals surface area (Å²) in [7, 11) is 0. The molecule has 2 N–H and O–H groups in total. The summed E-state index contributed by atoms with van der Waals surface area (Å²) < 4.78 is 49.0. The maximum Gasteiger partial charge on any atom is 0.407 e. The normalized spacial score (nSPS) is 14.0. The number of hydrogen-bond donors (Lipinski definition) is 2. The van der Waals surface area contributed by atoms with E-state index in [1.165, 1.54) is 0 Å². The zero-order chi connectivity index (χ0) is 28.1. The van der Waals surface area contributed by atoms with E-state index < -0.39 is 61.9 Å². The number of ether oxygens (including phenoxy) is 2. The zero-order valence-corrected chi connectivity index (χ0v) is 21.4. The molecule has 1 aliphatic carbocycles. The van der Waals surface area contributed by atoms with Crippen LogP contribution >= 0.6 is 0 Å². The van der Waals surface area contributed by atoms with Crippen molar-refractivity contribution in [3.05, 3.63) is 59.7 Å². The van der Waals surface area contributed by atoms with Gasteiger partial charge in [-0.25, -0.2) is 9.59 Å². The molecule has 38 heavy (non-hydrogen) atoms. The van der Waals surface area contributed by atoms with Gasteiger partial charge in [-0.1, -0.05) is 48.5 Å². The van der Waals surface area contributed by atoms with E-state index in [0.29, 0.717) is 0 Å². The molecule has 0 bridgehead atoms. The van der Waals surface area contributed by atoms with E-state index in [0.717, 1.165) is 27.2 Å². The standard InChI is InChI=1S/C27H31F3N2O6/c1-26(2,3)38-23(33)15-32(13-12-27(28,29)30)14-22(24(34)35)31-25(36)37-16-21-19-10-6-4-8-17(19)18-9-5-7-11-20(18)21/h4-11,21-22H,12-16H2,1-3H3,(H,31,36)(H,34,35)/t22-/m0/s1. The number of hydrogen-bond acceptors (Lipinski definition) is 6. The average molecular weight is 537 g/mol. The van der Waals surface area contributed by atoms with Gasteiger partial charge >= 0.3 is 24.2 Å². The molecule has 0 saturated heterocycles. The summed E-state index contributed by atoms with van der Waals surface area (Å²) in [6.45, 7) is 2.94. The van der Waals surface area contributed by atoms with Gasteiger partial charge in [-0.15, -0.1) is 0 Å². The van der Waals surface area contributed by atoms with E-state index in [1.54, 1.807) is 20.8 Å². The van der Waals surface area contributed by atoms with Gasteiger partial charge in [0, 0.05) is 19.0 Å². The number of amides is 1. The fourth-order valence-corrected chi connectivity index (χ4v) is 4.30. The van der Waals surface area contributed by atoms with Crippen LogP contribution in [0.1, 0.15) is 44.2 Å². The maximum atomic E-state index is 12.8. The Bertz CT molecular complexity index is 1120. The van der Waals surface area contributed by atoms with Crippen molar-refractivity contribution in [3.8, 4) is 11.1 Å². The molecule has 2 aromatic carbocycles. The molecule has 11 heteroatoms. The van der Waals surface area contributed by atoms with Gasteiger partial charge in [-0.05, 0) is 43.0 Å². The summed E-state index contributed by atoms with van der Waals surface area (Å²) in [6.07, 6.45) is -6.83. The highest BCUT2D eigenvalue weighted by Crippen LogP contribution is 2.44. The van der Waals surface area contributed by atoms with Gasteiger partial charge in [0.1, 0.15) is 18.2 Å². The highest BCUT2D eigenvalue weighted by molar-refractivity contribution is 5.81. The predicted molar refractivity (Wildman–Crippen MR) is 133 cm³/mol. The number of carboxylic acids is 1. The fourth-order valence-electron chi connectivity index (χ4n) is 4.30. The third-order valence-corrected chi connectivity index (χ3v) is 5.86. The summed E-state index contributed by atoms with van der Waals surface area (Å²) >= 11 is 0. The van der Waals surface area contributed by atoms with Crippen LogP contribution in [0.15, 0.2) is 48.5 Å². The predicted octanol–water partition coefficient (Wildman–Crippen LogP) is 4.57. The molecule has 0 fully saturated rings. The number of alkyl halides is 3. The third-order valence-electron chi connectivity index (χ3n) is 5.86. The summed E-state index contributed by atoms with van der Waals surface area (Å²) in [6, 6.07) is 13.7. The number of nitrogens with one attached hydrogen (secondary N) is 1. The lowest BCUT2D eigenvalue weighted by Gasteiger charge is -2.27.